The van der Waals surface area contributed by atoms with Crippen LogP contribution in [0, 0.1) is 17.2 Å². The van der Waals surface area contributed by atoms with E-state index in [1.54, 1.807) is 19.1 Å². The van der Waals surface area contributed by atoms with E-state index < -0.39 is 18.5 Å². The Morgan fingerprint density at radius 3 is 2.68 bits per heavy atom. The Labute approximate surface area is 164 Å². The van der Waals surface area contributed by atoms with Crippen LogP contribution in [0.5, 0.6) is 11.5 Å². The summed E-state index contributed by atoms with van der Waals surface area (Å²) in [6, 6.07) is 6.80. The standard InChI is InChI=1S/C21H26N2O5/c1-3-27-19-11-15(8-9-18(19)28-13-20(24)25)10-16(12-22)21(26)23-17-7-5-4-6-14(17)2/h8-11,14,17H,3-7,13H2,1-2H3,(H,23,26)(H,24,25)/p-1/b16-10+/t14-,17-/m0/s1. The van der Waals surface area contributed by atoms with Crippen molar-refractivity contribution in [2.45, 2.75) is 45.6 Å². The van der Waals surface area contributed by atoms with Crippen molar-refractivity contribution in [1.82, 2.24) is 5.32 Å². The van der Waals surface area contributed by atoms with E-state index in [0.717, 1.165) is 19.3 Å². The van der Waals surface area contributed by atoms with Crippen molar-refractivity contribution in [3.63, 3.8) is 0 Å². The number of nitrogens with one attached hydrogen (secondary N) is 1. The Morgan fingerprint density at radius 1 is 1.29 bits per heavy atom. The number of nitriles is 1. The average Bonchev–Trinajstić information content (AvgIpc) is 2.67. The number of rotatable bonds is 8. The summed E-state index contributed by atoms with van der Waals surface area (Å²) in [5, 5.41) is 23.0. The third-order valence-corrected chi connectivity index (χ3v) is 4.72. The lowest BCUT2D eigenvalue weighted by Gasteiger charge is -2.29. The summed E-state index contributed by atoms with van der Waals surface area (Å²) >= 11 is 0. The van der Waals surface area contributed by atoms with Crippen molar-refractivity contribution in [2.75, 3.05) is 13.2 Å². The first-order valence-electron chi connectivity index (χ1n) is 9.46. The van der Waals surface area contributed by atoms with Crippen LogP contribution in [0.3, 0.4) is 0 Å². The van der Waals surface area contributed by atoms with Crippen LogP contribution in [0.4, 0.5) is 0 Å². The van der Waals surface area contributed by atoms with Gasteiger partial charge in [-0.2, -0.15) is 5.26 Å². The number of hydrogen-bond acceptors (Lipinski definition) is 6. The molecule has 7 nitrogen and oxygen atoms in total. The van der Waals surface area contributed by atoms with Crippen LogP contribution in [0.15, 0.2) is 23.8 Å². The van der Waals surface area contributed by atoms with E-state index in [4.69, 9.17) is 9.47 Å². The quantitative estimate of drug-likeness (QED) is 0.540. The smallest absolute Gasteiger partial charge is 0.262 e. The summed E-state index contributed by atoms with van der Waals surface area (Å²) in [7, 11) is 0. The molecule has 2 rings (SSSR count). The number of ether oxygens (including phenoxy) is 2. The van der Waals surface area contributed by atoms with Gasteiger partial charge in [-0.3, -0.25) is 4.79 Å². The Hall–Kier alpha value is -3.01. The summed E-state index contributed by atoms with van der Waals surface area (Å²) in [6.45, 7) is 3.64. The number of carboxylic acid groups (broad SMARTS) is 1. The van der Waals surface area contributed by atoms with Gasteiger partial charge in [-0.15, -0.1) is 0 Å². The highest BCUT2D eigenvalue weighted by atomic mass is 16.5. The van der Waals surface area contributed by atoms with E-state index in [-0.39, 0.29) is 17.4 Å². The monoisotopic (exact) mass is 385 g/mol. The highest BCUT2D eigenvalue weighted by molar-refractivity contribution is 6.01. The van der Waals surface area contributed by atoms with Crippen molar-refractivity contribution in [3.8, 4) is 17.6 Å². The molecular weight excluding hydrogens is 360 g/mol. The molecule has 0 aliphatic heterocycles. The summed E-state index contributed by atoms with van der Waals surface area (Å²) < 4.78 is 10.6. The predicted octanol–water partition coefficient (Wildman–Crippen LogP) is 1.82. The minimum absolute atomic E-state index is 0.00336. The van der Waals surface area contributed by atoms with Gasteiger partial charge in [0.05, 0.1) is 12.6 Å². The molecule has 1 N–H and O–H groups in total. The molecule has 1 aromatic rings. The van der Waals surface area contributed by atoms with Gasteiger partial charge in [-0.25, -0.2) is 0 Å². The van der Waals surface area contributed by atoms with Crippen molar-refractivity contribution in [2.24, 2.45) is 5.92 Å². The van der Waals surface area contributed by atoms with E-state index in [0.29, 0.717) is 23.8 Å². The minimum atomic E-state index is -1.34. The number of carbonyl (C=O) groups excluding carboxylic acids is 2. The molecule has 1 aromatic carbocycles. The zero-order valence-corrected chi connectivity index (χ0v) is 16.2. The molecule has 1 aliphatic rings. The van der Waals surface area contributed by atoms with E-state index in [1.165, 1.54) is 18.6 Å². The molecule has 7 heteroatoms. The zero-order chi connectivity index (χ0) is 20.5. The number of amides is 1. The highest BCUT2D eigenvalue weighted by Crippen LogP contribution is 2.29. The lowest BCUT2D eigenvalue weighted by Crippen LogP contribution is -2.41. The fraction of sp³-hybridized carbons (Fsp3) is 0.476. The molecule has 0 heterocycles. The van der Waals surface area contributed by atoms with E-state index >= 15 is 0 Å². The number of nitrogens with zero attached hydrogens (tertiary/aromatic N) is 1. The molecule has 0 saturated heterocycles. The third-order valence-electron chi connectivity index (χ3n) is 4.72. The second-order valence-electron chi connectivity index (χ2n) is 6.81. The molecule has 28 heavy (non-hydrogen) atoms. The van der Waals surface area contributed by atoms with Gasteiger partial charge in [0, 0.05) is 6.04 Å². The Kier molecular flexibility index (Phi) is 7.88. The number of hydrogen-bond donors (Lipinski definition) is 1. The van der Waals surface area contributed by atoms with Gasteiger partial charge in [0.15, 0.2) is 11.5 Å². The highest BCUT2D eigenvalue weighted by Gasteiger charge is 2.24. The molecule has 0 unspecified atom stereocenters. The fourth-order valence-electron chi connectivity index (χ4n) is 3.23. The van der Waals surface area contributed by atoms with Gasteiger partial charge in [-0.05, 0) is 49.5 Å². The lowest BCUT2D eigenvalue weighted by atomic mass is 9.86. The SMILES string of the molecule is CCOc1cc(/C=C(\C#N)C(=O)N[C@H]2CCCC[C@@H]2C)ccc1OCC(=O)[O-]. The number of carboxylic acids is 1. The molecule has 0 radical (unpaired) electrons. The minimum Gasteiger partial charge on any atom is -0.546 e. The maximum atomic E-state index is 12.5. The van der Waals surface area contributed by atoms with E-state index in [9.17, 15) is 20.0 Å². The molecule has 150 valence electrons. The van der Waals surface area contributed by atoms with Gasteiger partial charge in [0.1, 0.15) is 18.2 Å². The largest absolute Gasteiger partial charge is 0.546 e. The van der Waals surface area contributed by atoms with Crippen LogP contribution in [0.25, 0.3) is 6.08 Å². The predicted molar refractivity (Wildman–Crippen MR) is 101 cm³/mol. The van der Waals surface area contributed by atoms with Crippen LogP contribution >= 0.6 is 0 Å². The van der Waals surface area contributed by atoms with Gasteiger partial charge >= 0.3 is 0 Å². The first kappa shape index (κ1) is 21.3. The molecule has 1 amide bonds. The maximum Gasteiger partial charge on any atom is 0.262 e. The maximum absolute atomic E-state index is 12.5. The van der Waals surface area contributed by atoms with Crippen molar-refractivity contribution in [3.05, 3.63) is 29.3 Å². The zero-order valence-electron chi connectivity index (χ0n) is 16.2. The van der Waals surface area contributed by atoms with E-state index in [1.807, 2.05) is 6.07 Å². The molecule has 2 atom stereocenters. The molecular formula is C21H25N2O5-. The Balaban J connectivity index is 2.17. The molecule has 0 bridgehead atoms. The second kappa shape index (κ2) is 10.4. The second-order valence-corrected chi connectivity index (χ2v) is 6.81. The number of carbonyl (C=O) groups is 2. The van der Waals surface area contributed by atoms with Crippen molar-refractivity contribution in [1.29, 1.82) is 5.26 Å². The van der Waals surface area contributed by atoms with Crippen molar-refractivity contribution < 1.29 is 24.2 Å². The summed E-state index contributed by atoms with van der Waals surface area (Å²) in [6.07, 6.45) is 5.72. The van der Waals surface area contributed by atoms with Crippen LogP contribution in [-0.4, -0.2) is 31.1 Å². The number of benzene rings is 1. The average molecular weight is 385 g/mol. The fourth-order valence-corrected chi connectivity index (χ4v) is 3.23. The van der Waals surface area contributed by atoms with Gasteiger partial charge in [0.2, 0.25) is 0 Å². The molecule has 1 fully saturated rings. The van der Waals surface area contributed by atoms with Gasteiger partial charge in [-0.1, -0.05) is 25.8 Å². The number of aliphatic carboxylic acids is 1. The Morgan fingerprint density at radius 2 is 2.04 bits per heavy atom. The van der Waals surface area contributed by atoms with Gasteiger partial charge < -0.3 is 24.7 Å². The Bertz CT molecular complexity index is 781. The first-order valence-corrected chi connectivity index (χ1v) is 9.46. The normalized spacial score (nSPS) is 19.4. The summed E-state index contributed by atoms with van der Waals surface area (Å²) in [4.78, 5) is 23.1. The van der Waals surface area contributed by atoms with E-state index in [2.05, 4.69) is 12.2 Å². The molecule has 0 aromatic heterocycles. The summed E-state index contributed by atoms with van der Waals surface area (Å²) in [5.74, 6) is -0.760. The third kappa shape index (κ3) is 6.02. The van der Waals surface area contributed by atoms with Crippen LogP contribution < -0.4 is 19.9 Å². The topological polar surface area (TPSA) is 111 Å². The first-order chi connectivity index (χ1) is 13.4. The summed E-state index contributed by atoms with van der Waals surface area (Å²) in [5.41, 5.74) is 0.580. The lowest BCUT2D eigenvalue weighted by molar-refractivity contribution is -0.307. The van der Waals surface area contributed by atoms with Gasteiger partial charge in [0.25, 0.3) is 5.91 Å². The molecule has 1 aliphatic carbocycles. The van der Waals surface area contributed by atoms with Crippen molar-refractivity contribution >= 4 is 18.0 Å². The molecule has 0 spiro atoms. The van der Waals surface area contributed by atoms with Crippen LogP contribution in [0.1, 0.15) is 45.1 Å². The molecule has 1 saturated carbocycles. The van der Waals surface area contributed by atoms with Crippen LogP contribution in [0.2, 0.25) is 0 Å². The van der Waals surface area contributed by atoms with Crippen LogP contribution in [-0.2, 0) is 9.59 Å².